The zero-order valence-corrected chi connectivity index (χ0v) is 61.5. The molecule has 9 N–H and O–H groups in total. The number of hydrogen-bond acceptors (Lipinski definition) is 19. The Morgan fingerprint density at radius 1 is 0.355 bits per heavy atom. The second kappa shape index (κ2) is 34.8. The number of likely N-dealkylation sites (tertiary alicyclic amines) is 4. The number of urea groups is 4. The van der Waals surface area contributed by atoms with Crippen LogP contribution in [-0.4, -0.2) is 234 Å². The van der Waals surface area contributed by atoms with Gasteiger partial charge in [-0.15, -0.1) is 0 Å². The number of piperazine rings is 1. The Kier molecular flexibility index (Phi) is 24.3. The first-order chi connectivity index (χ1) is 52.2. The number of carbonyl (C=O) groups excluding carboxylic acids is 4. The van der Waals surface area contributed by atoms with Crippen molar-refractivity contribution < 1.29 is 19.2 Å². The monoisotopic (exact) mass is 1450 g/mol. The summed E-state index contributed by atoms with van der Waals surface area (Å²) in [6, 6.07) is 39.8. The summed E-state index contributed by atoms with van der Waals surface area (Å²) >= 11 is 0. The van der Waals surface area contributed by atoms with Crippen LogP contribution in [0.3, 0.4) is 0 Å². The van der Waals surface area contributed by atoms with E-state index in [1.165, 1.54) is 0 Å². The number of piperidine rings is 5. The minimum Gasteiger partial charge on any atom is -0.357 e. The minimum absolute atomic E-state index is 0.0147. The number of nitriles is 4. The zero-order valence-electron chi connectivity index (χ0n) is 61.5. The summed E-state index contributed by atoms with van der Waals surface area (Å²) in [5.74, 6) is 3.72. The van der Waals surface area contributed by atoms with Crippen molar-refractivity contribution in [3.8, 4) is 24.3 Å². The van der Waals surface area contributed by atoms with E-state index in [1.54, 1.807) is 28.1 Å². The van der Waals surface area contributed by atoms with Crippen LogP contribution in [0.5, 0.6) is 0 Å². The molecule has 0 spiro atoms. The van der Waals surface area contributed by atoms with Gasteiger partial charge in [-0.1, -0.05) is 72.8 Å². The van der Waals surface area contributed by atoms with Crippen molar-refractivity contribution in [2.24, 2.45) is 22.9 Å². The van der Waals surface area contributed by atoms with Gasteiger partial charge in [-0.3, -0.25) is 29.6 Å². The number of fused-ring (bicyclic) bond motifs is 4. The van der Waals surface area contributed by atoms with E-state index in [1.807, 2.05) is 118 Å². The highest BCUT2D eigenvalue weighted by Gasteiger charge is 2.43. The molecule has 8 fully saturated rings. The number of nitrogens with one attached hydrogen (secondary N) is 1. The van der Waals surface area contributed by atoms with Gasteiger partial charge < -0.3 is 57.7 Å². The number of nitrogens with two attached hydrogens (primary N) is 4. The molecule has 0 saturated carbocycles. The molecule has 12 aliphatic rings. The first kappa shape index (κ1) is 74.7. The number of amides is 8. The fraction of sp³-hybridized carbons (Fsp3) is 0.500. The lowest BCUT2D eigenvalue weighted by molar-refractivity contribution is -0.00958. The second-order valence-corrected chi connectivity index (χ2v) is 29.8. The zero-order chi connectivity index (χ0) is 74.5. The smallest absolute Gasteiger partial charge is 0.344 e. The Morgan fingerprint density at radius 3 is 1.09 bits per heavy atom. The van der Waals surface area contributed by atoms with E-state index in [0.717, 1.165) is 234 Å². The van der Waals surface area contributed by atoms with Crippen LogP contribution in [-0.2, 0) is 26.2 Å². The number of hydrazine groups is 2. The van der Waals surface area contributed by atoms with E-state index in [2.05, 4.69) is 73.7 Å². The number of nitrogens with zero attached hydrogens (tertiary/aromatic N) is 18. The van der Waals surface area contributed by atoms with Gasteiger partial charge in [0.1, 0.15) is 23.3 Å². The van der Waals surface area contributed by atoms with Crippen molar-refractivity contribution in [1.29, 1.82) is 21.0 Å². The first-order valence-corrected chi connectivity index (χ1v) is 38.6. The highest BCUT2D eigenvalue weighted by molar-refractivity contribution is 5.80. The highest BCUT2D eigenvalue weighted by Crippen LogP contribution is 2.36. The van der Waals surface area contributed by atoms with Crippen LogP contribution < -0.4 is 28.3 Å². The van der Waals surface area contributed by atoms with Crippen LogP contribution in [0.2, 0.25) is 0 Å². The molecule has 27 nitrogen and oxygen atoms in total. The molecule has 0 aromatic heterocycles. The quantitative estimate of drug-likeness (QED) is 0.0928. The Labute approximate surface area is 629 Å². The third-order valence-electron chi connectivity index (χ3n) is 22.4. The van der Waals surface area contributed by atoms with Crippen molar-refractivity contribution in [3.63, 3.8) is 0 Å². The average Bonchev–Trinajstić information content (AvgIpc) is 1.61. The van der Waals surface area contributed by atoms with Gasteiger partial charge in [0.05, 0.1) is 97.2 Å². The molecule has 0 radical (unpaired) electrons. The molecule has 8 saturated heterocycles. The predicted octanol–water partition coefficient (Wildman–Crippen LogP) is 7.31. The fourth-order valence-corrected chi connectivity index (χ4v) is 16.8. The third-order valence-corrected chi connectivity index (χ3v) is 22.4. The molecule has 4 aromatic carbocycles. The van der Waals surface area contributed by atoms with Crippen LogP contribution in [0.25, 0.3) is 0 Å². The number of benzene rings is 4. The van der Waals surface area contributed by atoms with Crippen molar-refractivity contribution in [1.82, 2.24) is 74.4 Å². The van der Waals surface area contributed by atoms with Crippen molar-refractivity contribution in [2.75, 3.05) is 105 Å². The van der Waals surface area contributed by atoms with E-state index in [9.17, 15) is 40.2 Å². The molecule has 16 rings (SSSR count). The first-order valence-electron chi connectivity index (χ1n) is 38.6. The van der Waals surface area contributed by atoms with Crippen LogP contribution in [0.15, 0.2) is 145 Å². The van der Waals surface area contributed by atoms with E-state index >= 15 is 0 Å². The van der Waals surface area contributed by atoms with Gasteiger partial charge >= 0.3 is 24.1 Å². The number of carbonyl (C=O) groups is 4. The highest BCUT2D eigenvalue weighted by atomic mass is 16.2. The van der Waals surface area contributed by atoms with Gasteiger partial charge in [0.2, 0.25) is 0 Å². The minimum atomic E-state index is -0.0214. The molecule has 0 aliphatic carbocycles. The SMILES string of the molecule is N#Cc1ccccc1CN1C(=O)N2CCCCC2C=C1N1CCC[C@@H](N)C1.N#Cc1ccccc1CN1C(=O)N2CCCCN2C=C1N1CCC[C@@H](N)C1.N#Cc1ccccc1CN1C(=O)N2CCCN2C=C1N1CCC[C@@H](N)C1.N#Cc1ccccc1CN1C(=O)N2CCNCC2C=C1N1CCC[C@@H](N)C1. The normalized spacial score (nSPS) is 24.4. The maximum atomic E-state index is 13.4. The van der Waals surface area contributed by atoms with Crippen LogP contribution in [0.1, 0.15) is 134 Å². The fourth-order valence-electron chi connectivity index (χ4n) is 16.8. The predicted molar refractivity (Wildman–Crippen MR) is 404 cm³/mol. The Bertz CT molecular complexity index is 3860. The summed E-state index contributed by atoms with van der Waals surface area (Å²) in [6.45, 7) is 14.6. The van der Waals surface area contributed by atoms with Crippen molar-refractivity contribution in [3.05, 3.63) is 189 Å². The molecule has 4 aromatic rings. The molecule has 12 heterocycles. The lowest BCUT2D eigenvalue weighted by Crippen LogP contribution is -2.61. The van der Waals surface area contributed by atoms with Gasteiger partial charge in [0.15, 0.2) is 0 Å². The lowest BCUT2D eigenvalue weighted by Gasteiger charge is -2.48. The Hall–Kier alpha value is -10.5. The molecular formula is C80H103N23O4. The Balaban J connectivity index is 0.000000126. The van der Waals surface area contributed by atoms with Crippen LogP contribution in [0.4, 0.5) is 19.2 Å². The maximum Gasteiger partial charge on any atom is 0.344 e. The molecular weight excluding hydrogens is 1350 g/mol. The third kappa shape index (κ3) is 17.2. The standard InChI is InChI=1S/C21H27N5O.2C20H26N6O.C19H24N6O/c22-13-16-6-1-2-7-17(16)14-26-20(24-10-5-8-18(23)15-24)12-19-9-3-4-11-25(19)21(26)27;21-12-16-6-1-2-7-17(16)13-25-19(23-9-5-8-18(22)14-23)15-24-10-3-4-11-26(24)20(25)27;21-11-15-4-1-2-5-16(15)13-26-19(24-8-3-6-17(22)14-24)10-18-12-23-7-9-25(18)20(26)27;20-11-15-5-1-2-6-16(15)12-24-18(22-8-3-7-17(21)13-22)14-23-9-4-10-25(23)19(24)26/h1-2,6-7,12,18-19H,3-5,8-11,14-15,23H2;1-2,6-7,15,18H,3-5,8-11,13-14,22H2;1-2,4-5,10,17-18,23H,3,6-9,12-14,22H2;1-2,5-6,14,17H,3-4,7-10,12-13,21H2/t18-,19?;18-;17-,18?;17-/m1111/s1. The number of hydrogen-bond donors (Lipinski definition) is 5. The summed E-state index contributed by atoms with van der Waals surface area (Å²) < 4.78 is 0. The molecule has 107 heavy (non-hydrogen) atoms. The molecule has 8 amide bonds. The largest absolute Gasteiger partial charge is 0.357 e. The molecule has 6 atom stereocenters. The number of rotatable bonds is 12. The van der Waals surface area contributed by atoms with Crippen molar-refractivity contribution >= 4 is 24.1 Å². The van der Waals surface area contributed by atoms with Gasteiger partial charge in [0, 0.05) is 129 Å². The van der Waals surface area contributed by atoms with Gasteiger partial charge in [0.25, 0.3) is 0 Å². The van der Waals surface area contributed by atoms with E-state index in [4.69, 9.17) is 22.9 Å². The maximum absolute atomic E-state index is 13.4. The van der Waals surface area contributed by atoms with Crippen molar-refractivity contribution in [2.45, 2.75) is 152 Å². The molecule has 562 valence electrons. The molecule has 12 aliphatic heterocycles. The van der Waals surface area contributed by atoms with Gasteiger partial charge in [-0.2, -0.15) is 21.0 Å². The van der Waals surface area contributed by atoms with Crippen LogP contribution >= 0.6 is 0 Å². The topological polar surface area (TPSA) is 325 Å². The summed E-state index contributed by atoms with van der Waals surface area (Å²) in [7, 11) is 0. The van der Waals surface area contributed by atoms with Gasteiger partial charge in [-0.25, -0.2) is 29.2 Å². The summed E-state index contributed by atoms with van der Waals surface area (Å²) in [4.78, 5) is 73.4. The average molecular weight is 1450 g/mol. The molecule has 27 heteroatoms. The van der Waals surface area contributed by atoms with E-state index in [-0.39, 0.29) is 60.4 Å². The molecule has 0 bridgehead atoms. The van der Waals surface area contributed by atoms with Gasteiger partial charge in [-0.05, 0) is 149 Å². The van der Waals surface area contributed by atoms with E-state index in [0.29, 0.717) is 55.0 Å². The summed E-state index contributed by atoms with van der Waals surface area (Å²) in [5, 5.41) is 48.8. The van der Waals surface area contributed by atoms with E-state index < -0.39 is 0 Å². The lowest BCUT2D eigenvalue weighted by atomic mass is 9.98. The summed E-state index contributed by atoms with van der Waals surface area (Å²) in [5.41, 5.74) is 30.7. The molecule has 2 unspecified atom stereocenters. The Morgan fingerprint density at radius 2 is 0.692 bits per heavy atom. The summed E-state index contributed by atoms with van der Waals surface area (Å²) in [6.07, 6.45) is 23.2. The van der Waals surface area contributed by atoms with Crippen LogP contribution in [0, 0.1) is 45.3 Å². The second-order valence-electron chi connectivity index (χ2n) is 29.8.